The average Bonchev–Trinajstić information content (AvgIpc) is 3.07. The molecule has 0 aromatic heterocycles. The fourth-order valence-electron chi connectivity index (χ4n) is 2.87. The van der Waals surface area contributed by atoms with E-state index in [-0.39, 0.29) is 6.10 Å². The Labute approximate surface area is 160 Å². The van der Waals surface area contributed by atoms with Crippen LogP contribution in [0.5, 0.6) is 5.75 Å². The van der Waals surface area contributed by atoms with Gasteiger partial charge in [-0.3, -0.25) is 0 Å². The third kappa shape index (κ3) is 5.76. The van der Waals surface area contributed by atoms with E-state index in [2.05, 4.69) is 50.2 Å². The third-order valence-corrected chi connectivity index (χ3v) is 5.81. The second kappa shape index (κ2) is 8.70. The summed E-state index contributed by atoms with van der Waals surface area (Å²) in [5.41, 5.74) is -4.20. The summed E-state index contributed by atoms with van der Waals surface area (Å²) in [6.45, 7) is 4.21. The minimum Gasteiger partial charge on any atom is -0.741 e. The molecule has 0 amide bonds. The molecule has 150 valence electrons. The number of fused-ring (bicyclic) bond motifs is 1. The lowest BCUT2D eigenvalue weighted by molar-refractivity contribution is -0.0517. The lowest BCUT2D eigenvalue weighted by Gasteiger charge is -2.19. The van der Waals surface area contributed by atoms with E-state index in [1.54, 1.807) is 11.8 Å². The molecular formula is C18H21F3O4S2. The van der Waals surface area contributed by atoms with Crippen LogP contribution in [0.1, 0.15) is 31.7 Å². The van der Waals surface area contributed by atoms with E-state index >= 15 is 0 Å². The van der Waals surface area contributed by atoms with Crippen molar-refractivity contribution in [3.63, 3.8) is 0 Å². The van der Waals surface area contributed by atoms with Crippen LogP contribution < -0.4 is 4.74 Å². The van der Waals surface area contributed by atoms with Gasteiger partial charge in [0.15, 0.2) is 10.1 Å². The lowest BCUT2D eigenvalue weighted by Crippen LogP contribution is -2.21. The number of hydrogen-bond donors (Lipinski definition) is 0. The number of benzene rings is 2. The van der Waals surface area contributed by atoms with Gasteiger partial charge in [-0.05, 0) is 42.4 Å². The van der Waals surface area contributed by atoms with Crippen LogP contribution in [0.25, 0.3) is 10.8 Å². The fourth-order valence-corrected chi connectivity index (χ4v) is 4.23. The molecule has 3 rings (SSSR count). The molecule has 0 bridgehead atoms. The average molecular weight is 422 g/mol. The second-order valence-corrected chi connectivity index (χ2v) is 9.01. The van der Waals surface area contributed by atoms with Gasteiger partial charge >= 0.3 is 5.51 Å². The summed E-state index contributed by atoms with van der Waals surface area (Å²) in [5, 5.41) is 2.71. The van der Waals surface area contributed by atoms with Gasteiger partial charge < -0.3 is 9.29 Å². The zero-order chi connectivity index (χ0) is 20.2. The molecule has 0 radical (unpaired) electrons. The van der Waals surface area contributed by atoms with Gasteiger partial charge in [-0.1, -0.05) is 30.3 Å². The molecule has 1 fully saturated rings. The molecular weight excluding hydrogens is 401 g/mol. The smallest absolute Gasteiger partial charge is 0.485 e. The minimum absolute atomic E-state index is 0.235. The van der Waals surface area contributed by atoms with E-state index in [1.165, 1.54) is 34.3 Å². The van der Waals surface area contributed by atoms with Crippen LogP contribution in [-0.4, -0.2) is 36.1 Å². The van der Waals surface area contributed by atoms with Crippen LogP contribution in [-0.2, 0) is 21.9 Å². The Balaban J connectivity index is 0.000000279. The highest BCUT2D eigenvalue weighted by molar-refractivity contribution is 7.86. The summed E-state index contributed by atoms with van der Waals surface area (Å²) in [7, 11) is -6.09. The highest BCUT2D eigenvalue weighted by Gasteiger charge is 2.37. The number of thiol groups is 1. The van der Waals surface area contributed by atoms with Gasteiger partial charge in [-0.25, -0.2) is 8.42 Å². The first-order chi connectivity index (χ1) is 12.5. The maximum atomic E-state index is 10.7. The first-order valence-electron chi connectivity index (χ1n) is 8.34. The Kier molecular flexibility index (Phi) is 7.04. The molecule has 9 heteroatoms. The van der Waals surface area contributed by atoms with Crippen LogP contribution in [0.4, 0.5) is 13.2 Å². The van der Waals surface area contributed by atoms with Crippen LogP contribution >= 0.6 is 0 Å². The van der Waals surface area contributed by atoms with Crippen molar-refractivity contribution in [3.05, 3.63) is 42.0 Å². The van der Waals surface area contributed by atoms with E-state index in [0.29, 0.717) is 5.92 Å². The quantitative estimate of drug-likeness (QED) is 0.325. The van der Waals surface area contributed by atoms with Gasteiger partial charge in [-0.2, -0.15) is 13.2 Å². The summed E-state index contributed by atoms with van der Waals surface area (Å²) in [4.78, 5) is 0. The standard InChI is InChI=1S/C17H20OS.CHF3O3S/c1-12(2)18-16-8-7-13-5-3-4-6-15(13)17(16)14-9-10-19-11-14;2-1(3,4)8(5,6)7/h3-8,12,14H,9-11H2,1-2H3;(H,5,6,7). The maximum Gasteiger partial charge on any atom is 0.485 e. The molecule has 1 heterocycles. The normalized spacial score (nSPS) is 17.7. The topological polar surface area (TPSA) is 66.4 Å². The SMILES string of the molecule is CC(C)Oc1ccc2ccccc2c1C1CC[SH+]C1.O=S(=O)([O-])C(F)(F)F. The number of rotatable bonds is 3. The largest absolute Gasteiger partial charge is 0.741 e. The van der Waals surface area contributed by atoms with Crippen molar-refractivity contribution in [2.75, 3.05) is 11.5 Å². The van der Waals surface area contributed by atoms with Crippen molar-refractivity contribution in [2.45, 2.75) is 37.8 Å². The number of alkyl halides is 3. The van der Waals surface area contributed by atoms with Crippen LogP contribution in [0.2, 0.25) is 0 Å². The molecule has 2 aromatic carbocycles. The molecule has 0 saturated carbocycles. The van der Waals surface area contributed by atoms with E-state index in [1.807, 2.05) is 0 Å². The van der Waals surface area contributed by atoms with Crippen LogP contribution in [0.3, 0.4) is 0 Å². The van der Waals surface area contributed by atoms with Crippen molar-refractivity contribution < 1.29 is 30.9 Å². The molecule has 1 atom stereocenters. The van der Waals surface area contributed by atoms with Crippen LogP contribution in [0, 0.1) is 0 Å². The Morgan fingerprint density at radius 1 is 1.19 bits per heavy atom. The van der Waals surface area contributed by atoms with Gasteiger partial charge in [0.25, 0.3) is 0 Å². The van der Waals surface area contributed by atoms with E-state index in [9.17, 15) is 13.2 Å². The molecule has 4 nitrogen and oxygen atoms in total. The molecule has 0 spiro atoms. The minimum atomic E-state index is -6.09. The molecule has 1 aliphatic heterocycles. The van der Waals surface area contributed by atoms with Gasteiger partial charge in [0.1, 0.15) is 17.3 Å². The summed E-state index contributed by atoms with van der Waals surface area (Å²) < 4.78 is 65.0. The third-order valence-electron chi connectivity index (χ3n) is 3.97. The zero-order valence-electron chi connectivity index (χ0n) is 14.9. The highest BCUT2D eigenvalue weighted by atomic mass is 32.2. The summed E-state index contributed by atoms with van der Waals surface area (Å²) in [6, 6.07) is 13.0. The molecule has 1 saturated heterocycles. The maximum absolute atomic E-state index is 10.7. The summed E-state index contributed by atoms with van der Waals surface area (Å²) in [6.07, 6.45) is 1.53. The predicted octanol–water partition coefficient (Wildman–Crippen LogP) is 3.98. The van der Waals surface area contributed by atoms with Gasteiger partial charge in [-0.15, -0.1) is 0 Å². The van der Waals surface area contributed by atoms with E-state index < -0.39 is 15.6 Å². The Hall–Kier alpha value is -1.45. The highest BCUT2D eigenvalue weighted by Crippen LogP contribution is 2.38. The van der Waals surface area contributed by atoms with Crippen molar-refractivity contribution in [1.29, 1.82) is 0 Å². The van der Waals surface area contributed by atoms with E-state index in [0.717, 1.165) is 5.75 Å². The molecule has 2 aromatic rings. The Morgan fingerprint density at radius 3 is 2.33 bits per heavy atom. The second-order valence-electron chi connectivity index (χ2n) is 6.38. The van der Waals surface area contributed by atoms with Gasteiger partial charge in [0.05, 0.1) is 6.10 Å². The van der Waals surface area contributed by atoms with Gasteiger partial charge in [0, 0.05) is 17.9 Å². The zero-order valence-corrected chi connectivity index (χ0v) is 16.6. The number of hydrogen-bond acceptors (Lipinski definition) is 4. The van der Waals surface area contributed by atoms with Crippen LogP contribution in [0.15, 0.2) is 36.4 Å². The first-order valence-corrected chi connectivity index (χ1v) is 11.0. The van der Waals surface area contributed by atoms with Crippen molar-refractivity contribution >= 4 is 32.7 Å². The van der Waals surface area contributed by atoms with Crippen molar-refractivity contribution in [3.8, 4) is 5.75 Å². The number of ether oxygens (including phenoxy) is 1. The molecule has 27 heavy (non-hydrogen) atoms. The van der Waals surface area contributed by atoms with Crippen molar-refractivity contribution in [2.24, 2.45) is 0 Å². The monoisotopic (exact) mass is 422 g/mol. The lowest BCUT2D eigenvalue weighted by atomic mass is 9.92. The Bertz CT molecular complexity index is 874. The molecule has 1 aliphatic rings. The fraction of sp³-hybridized carbons (Fsp3) is 0.444. The molecule has 1 unspecified atom stereocenters. The first kappa shape index (κ1) is 21.8. The Morgan fingerprint density at radius 2 is 1.81 bits per heavy atom. The van der Waals surface area contributed by atoms with E-state index in [4.69, 9.17) is 17.7 Å². The number of halogens is 3. The predicted molar refractivity (Wildman–Crippen MR) is 101 cm³/mol. The summed E-state index contributed by atoms with van der Waals surface area (Å²) in [5.74, 6) is 4.37. The summed E-state index contributed by atoms with van der Waals surface area (Å²) >= 11 is 1.59. The molecule has 0 N–H and O–H groups in total. The van der Waals surface area contributed by atoms with Crippen molar-refractivity contribution in [1.82, 2.24) is 0 Å². The van der Waals surface area contributed by atoms with Gasteiger partial charge in [0.2, 0.25) is 0 Å². The molecule has 0 aliphatic carbocycles.